The summed E-state index contributed by atoms with van der Waals surface area (Å²) in [4.78, 5) is 35.2. The van der Waals surface area contributed by atoms with Gasteiger partial charge in [-0.3, -0.25) is 9.59 Å². The number of nitrogens with one attached hydrogen (secondary N) is 1. The van der Waals surface area contributed by atoms with E-state index in [-0.39, 0.29) is 17.7 Å². The number of carboxylic acids is 1. The maximum Gasteiger partial charge on any atom is 0.336 e. The molecular weight excluding hydrogens is 374 g/mol. The van der Waals surface area contributed by atoms with Crippen molar-refractivity contribution in [2.75, 3.05) is 6.54 Å². The topological polar surface area (TPSA) is 106 Å². The molecule has 0 radical (unpaired) electrons. The van der Waals surface area contributed by atoms with Crippen molar-refractivity contribution in [3.05, 3.63) is 39.7 Å². The molecule has 0 aliphatic heterocycles. The standard InChI is InChI=1S/C22H27NO6/c1-12-8-17(20-13(2)10-19(24)29-18(20)9-12)28-14(3)21(25)23-11-15-4-6-16(7-5-15)22(26)27/h8-10,14-16H,4-7,11H2,1-3H3,(H,23,25)(H,26,27)/t14-,15?,16?/m1/s1. The van der Waals surface area contributed by atoms with E-state index in [0.717, 1.165) is 24.0 Å². The second-order valence-electron chi connectivity index (χ2n) is 7.95. The van der Waals surface area contributed by atoms with E-state index in [9.17, 15) is 14.4 Å². The smallest absolute Gasteiger partial charge is 0.336 e. The van der Waals surface area contributed by atoms with Gasteiger partial charge < -0.3 is 19.6 Å². The normalized spacial score (nSPS) is 20.2. The summed E-state index contributed by atoms with van der Waals surface area (Å²) >= 11 is 0. The van der Waals surface area contributed by atoms with Crippen LogP contribution in [0.4, 0.5) is 0 Å². The maximum atomic E-state index is 12.5. The van der Waals surface area contributed by atoms with Gasteiger partial charge in [-0.2, -0.15) is 0 Å². The number of fused-ring (bicyclic) bond motifs is 1. The van der Waals surface area contributed by atoms with E-state index in [2.05, 4.69) is 5.32 Å². The van der Waals surface area contributed by atoms with Crippen LogP contribution in [0.15, 0.2) is 27.4 Å². The van der Waals surface area contributed by atoms with Crippen LogP contribution in [0.5, 0.6) is 5.75 Å². The molecule has 1 aliphatic rings. The lowest BCUT2D eigenvalue weighted by atomic mass is 9.82. The molecule has 7 nitrogen and oxygen atoms in total. The Morgan fingerprint density at radius 1 is 1.21 bits per heavy atom. The largest absolute Gasteiger partial charge is 0.481 e. The van der Waals surface area contributed by atoms with Crippen molar-refractivity contribution >= 4 is 22.8 Å². The molecule has 1 aromatic heterocycles. The zero-order valence-electron chi connectivity index (χ0n) is 17.0. The van der Waals surface area contributed by atoms with E-state index in [1.807, 2.05) is 13.0 Å². The first-order valence-electron chi connectivity index (χ1n) is 9.97. The van der Waals surface area contributed by atoms with Crippen molar-refractivity contribution < 1.29 is 23.8 Å². The fourth-order valence-corrected chi connectivity index (χ4v) is 3.92. The third-order valence-corrected chi connectivity index (χ3v) is 5.58. The first kappa shape index (κ1) is 20.9. The number of carbonyl (C=O) groups is 2. The molecule has 29 heavy (non-hydrogen) atoms. The summed E-state index contributed by atoms with van der Waals surface area (Å²) in [5, 5.41) is 12.7. The number of ether oxygens (including phenoxy) is 1. The minimum Gasteiger partial charge on any atom is -0.481 e. The Bertz CT molecular complexity index is 971. The van der Waals surface area contributed by atoms with E-state index < -0.39 is 17.7 Å². The molecule has 1 heterocycles. The van der Waals surface area contributed by atoms with Crippen molar-refractivity contribution in [3.8, 4) is 5.75 Å². The Morgan fingerprint density at radius 2 is 1.90 bits per heavy atom. The van der Waals surface area contributed by atoms with Gasteiger partial charge in [0.2, 0.25) is 0 Å². The van der Waals surface area contributed by atoms with Crippen LogP contribution < -0.4 is 15.7 Å². The molecule has 3 rings (SSSR count). The highest BCUT2D eigenvalue weighted by atomic mass is 16.5. The number of aryl methyl sites for hydroxylation is 2. The molecule has 1 atom stereocenters. The number of carbonyl (C=O) groups excluding carboxylic acids is 1. The van der Waals surface area contributed by atoms with Crippen LogP contribution in [0.25, 0.3) is 11.0 Å². The Kier molecular flexibility index (Phi) is 6.25. The van der Waals surface area contributed by atoms with E-state index in [4.69, 9.17) is 14.3 Å². The lowest BCUT2D eigenvalue weighted by Gasteiger charge is -2.26. The molecule has 1 fully saturated rings. The van der Waals surface area contributed by atoms with E-state index in [1.54, 1.807) is 19.9 Å². The zero-order chi connectivity index (χ0) is 21.1. The molecule has 7 heteroatoms. The van der Waals surface area contributed by atoms with Gasteiger partial charge in [-0.15, -0.1) is 0 Å². The molecule has 1 saturated carbocycles. The minimum atomic E-state index is -0.731. The van der Waals surface area contributed by atoms with Gasteiger partial charge in [-0.1, -0.05) is 0 Å². The lowest BCUT2D eigenvalue weighted by Crippen LogP contribution is -2.39. The fourth-order valence-electron chi connectivity index (χ4n) is 3.92. The number of benzene rings is 1. The van der Waals surface area contributed by atoms with Crippen LogP contribution in [0.1, 0.15) is 43.7 Å². The van der Waals surface area contributed by atoms with Crippen LogP contribution in [-0.2, 0) is 9.59 Å². The number of hydrogen-bond donors (Lipinski definition) is 2. The Morgan fingerprint density at radius 3 is 2.55 bits per heavy atom. The SMILES string of the molecule is Cc1cc(O[C@H](C)C(=O)NCC2CCC(C(=O)O)CC2)c2c(C)cc(=O)oc2c1. The van der Waals surface area contributed by atoms with Gasteiger partial charge in [0.05, 0.1) is 11.3 Å². The Labute approximate surface area is 169 Å². The Balaban J connectivity index is 1.63. The molecule has 2 aromatic rings. The van der Waals surface area contributed by atoms with Gasteiger partial charge in [0.1, 0.15) is 11.3 Å². The first-order chi connectivity index (χ1) is 13.7. The van der Waals surface area contributed by atoms with Crippen LogP contribution in [0, 0.1) is 25.7 Å². The van der Waals surface area contributed by atoms with Crippen LogP contribution >= 0.6 is 0 Å². The first-order valence-corrected chi connectivity index (χ1v) is 9.97. The predicted molar refractivity (Wildman–Crippen MR) is 108 cm³/mol. The van der Waals surface area contributed by atoms with Crippen LogP contribution in [0.3, 0.4) is 0 Å². The van der Waals surface area contributed by atoms with Crippen molar-refractivity contribution in [2.45, 2.75) is 52.6 Å². The highest BCUT2D eigenvalue weighted by molar-refractivity contribution is 5.88. The van der Waals surface area contributed by atoms with E-state index in [1.165, 1.54) is 6.07 Å². The number of aliphatic carboxylic acids is 1. The van der Waals surface area contributed by atoms with Gasteiger partial charge in [0.25, 0.3) is 5.91 Å². The van der Waals surface area contributed by atoms with Gasteiger partial charge in [-0.25, -0.2) is 4.79 Å². The average molecular weight is 401 g/mol. The highest BCUT2D eigenvalue weighted by Gasteiger charge is 2.26. The van der Waals surface area contributed by atoms with Crippen molar-refractivity contribution in [2.24, 2.45) is 11.8 Å². The molecule has 1 aliphatic carbocycles. The van der Waals surface area contributed by atoms with Gasteiger partial charge >= 0.3 is 11.6 Å². The molecule has 1 aromatic carbocycles. The molecule has 0 unspecified atom stereocenters. The summed E-state index contributed by atoms with van der Waals surface area (Å²) in [7, 11) is 0. The molecule has 0 bridgehead atoms. The van der Waals surface area contributed by atoms with Crippen molar-refractivity contribution in [3.63, 3.8) is 0 Å². The predicted octanol–water partition coefficient (Wildman–Crippen LogP) is 3.18. The number of amides is 1. The van der Waals surface area contributed by atoms with E-state index >= 15 is 0 Å². The number of hydrogen-bond acceptors (Lipinski definition) is 5. The third-order valence-electron chi connectivity index (χ3n) is 5.58. The Hall–Kier alpha value is -2.83. The molecular formula is C22H27NO6. The van der Waals surface area contributed by atoms with Crippen molar-refractivity contribution in [1.29, 1.82) is 0 Å². The van der Waals surface area contributed by atoms with Crippen LogP contribution in [-0.4, -0.2) is 29.6 Å². The third kappa shape index (κ3) is 4.96. The quantitative estimate of drug-likeness (QED) is 0.720. The summed E-state index contributed by atoms with van der Waals surface area (Å²) < 4.78 is 11.2. The van der Waals surface area contributed by atoms with Crippen molar-refractivity contribution in [1.82, 2.24) is 5.32 Å². The summed E-state index contributed by atoms with van der Waals surface area (Å²) in [5.74, 6) is -0.424. The molecule has 0 saturated heterocycles. The second-order valence-corrected chi connectivity index (χ2v) is 7.95. The average Bonchev–Trinajstić information content (AvgIpc) is 2.65. The number of rotatable bonds is 6. The fraction of sp³-hybridized carbons (Fsp3) is 0.500. The second kappa shape index (κ2) is 8.68. The minimum absolute atomic E-state index is 0.227. The van der Waals surface area contributed by atoms with Gasteiger partial charge in [-0.05, 0) is 75.6 Å². The monoisotopic (exact) mass is 401 g/mol. The lowest BCUT2D eigenvalue weighted by molar-refractivity contribution is -0.143. The van der Waals surface area contributed by atoms with Gasteiger partial charge in [0.15, 0.2) is 6.10 Å². The molecule has 0 spiro atoms. The summed E-state index contributed by atoms with van der Waals surface area (Å²) in [6.45, 7) is 5.87. The summed E-state index contributed by atoms with van der Waals surface area (Å²) in [5.41, 5.74) is 1.61. The highest BCUT2D eigenvalue weighted by Crippen LogP contribution is 2.31. The number of carboxylic acid groups (broad SMARTS) is 1. The maximum absolute atomic E-state index is 12.5. The molecule has 2 N–H and O–H groups in total. The van der Waals surface area contributed by atoms with E-state index in [0.29, 0.717) is 36.1 Å². The zero-order valence-corrected chi connectivity index (χ0v) is 17.0. The van der Waals surface area contributed by atoms with Gasteiger partial charge in [0, 0.05) is 12.6 Å². The summed E-state index contributed by atoms with van der Waals surface area (Å²) in [6.07, 6.45) is 2.19. The molecule has 1 amide bonds. The van der Waals surface area contributed by atoms with Crippen LogP contribution in [0.2, 0.25) is 0 Å². The summed E-state index contributed by atoms with van der Waals surface area (Å²) in [6, 6.07) is 5.00. The molecule has 156 valence electrons.